The third kappa shape index (κ3) is 6.63. The summed E-state index contributed by atoms with van der Waals surface area (Å²) in [5.41, 5.74) is 6.74. The molecule has 0 spiro atoms. The normalized spacial score (nSPS) is 10.7. The number of nitrogens with zero attached hydrogens (tertiary/aromatic N) is 1. The van der Waals surface area contributed by atoms with Crippen LogP contribution in [0.3, 0.4) is 0 Å². The topological polar surface area (TPSA) is 114 Å². The highest BCUT2D eigenvalue weighted by Gasteiger charge is 2.16. The fourth-order valence-corrected chi connectivity index (χ4v) is 2.95. The molecule has 0 aliphatic carbocycles. The number of benzene rings is 2. The number of urea groups is 1. The lowest BCUT2D eigenvalue weighted by Crippen LogP contribution is -2.35. The van der Waals surface area contributed by atoms with E-state index in [9.17, 15) is 14.9 Å². The molecule has 0 heterocycles. The van der Waals surface area contributed by atoms with E-state index in [2.05, 4.69) is 6.58 Å². The quantitative estimate of drug-likeness (QED) is 0.346. The molecule has 2 aromatic rings. The Morgan fingerprint density at radius 1 is 1.26 bits per heavy atom. The zero-order valence-electron chi connectivity index (χ0n) is 17.0. The van der Waals surface area contributed by atoms with Crippen molar-refractivity contribution in [2.75, 3.05) is 6.61 Å². The second-order valence-electron chi connectivity index (χ2n) is 6.30. The van der Waals surface area contributed by atoms with Gasteiger partial charge in [-0.15, -0.1) is 6.58 Å². The molecule has 2 rings (SSSR count). The second-order valence-corrected chi connectivity index (χ2v) is 6.71. The van der Waals surface area contributed by atoms with E-state index in [0.717, 1.165) is 11.1 Å². The largest absolute Gasteiger partial charge is 0.490 e. The summed E-state index contributed by atoms with van der Waals surface area (Å²) in [6.07, 6.45) is 3.49. The van der Waals surface area contributed by atoms with Crippen LogP contribution in [0.1, 0.15) is 23.6 Å². The van der Waals surface area contributed by atoms with Crippen molar-refractivity contribution in [2.24, 2.45) is 5.73 Å². The lowest BCUT2D eigenvalue weighted by Gasteiger charge is -2.17. The van der Waals surface area contributed by atoms with E-state index >= 15 is 0 Å². The fraction of sp³-hybridized carbons (Fsp3) is 0.174. The summed E-state index contributed by atoms with van der Waals surface area (Å²) >= 11 is 6.22. The number of nitriles is 1. The van der Waals surface area contributed by atoms with Gasteiger partial charge in [0.25, 0.3) is 5.91 Å². The molecule has 31 heavy (non-hydrogen) atoms. The lowest BCUT2D eigenvalue weighted by atomic mass is 10.0. The molecule has 0 bridgehead atoms. The highest BCUT2D eigenvalue weighted by Crippen LogP contribution is 2.35. The summed E-state index contributed by atoms with van der Waals surface area (Å²) in [4.78, 5) is 22.9. The summed E-state index contributed by atoms with van der Waals surface area (Å²) in [6.45, 7) is 6.20. The van der Waals surface area contributed by atoms with Gasteiger partial charge in [0.05, 0.1) is 6.61 Å². The van der Waals surface area contributed by atoms with E-state index in [0.29, 0.717) is 35.1 Å². The van der Waals surface area contributed by atoms with Gasteiger partial charge in [0.1, 0.15) is 18.2 Å². The minimum Gasteiger partial charge on any atom is -0.490 e. The highest BCUT2D eigenvalue weighted by molar-refractivity contribution is 6.31. The number of halogens is 1. The van der Waals surface area contributed by atoms with Crippen molar-refractivity contribution >= 4 is 29.6 Å². The molecule has 7 nitrogen and oxygen atoms in total. The Kier molecular flexibility index (Phi) is 8.67. The summed E-state index contributed by atoms with van der Waals surface area (Å²) < 4.78 is 11.8. The number of rotatable bonds is 9. The predicted molar refractivity (Wildman–Crippen MR) is 119 cm³/mol. The van der Waals surface area contributed by atoms with Crippen LogP contribution in [0.5, 0.6) is 11.5 Å². The third-order valence-corrected chi connectivity index (χ3v) is 4.43. The van der Waals surface area contributed by atoms with Crippen LogP contribution in [-0.4, -0.2) is 18.5 Å². The van der Waals surface area contributed by atoms with Crippen molar-refractivity contribution in [3.8, 4) is 17.6 Å². The van der Waals surface area contributed by atoms with Crippen molar-refractivity contribution < 1.29 is 19.1 Å². The summed E-state index contributed by atoms with van der Waals surface area (Å²) in [7, 11) is 0. The molecule has 0 aromatic heterocycles. The van der Waals surface area contributed by atoms with Crippen LogP contribution < -0.4 is 20.5 Å². The van der Waals surface area contributed by atoms with Crippen LogP contribution in [0.2, 0.25) is 5.02 Å². The minimum absolute atomic E-state index is 0.226. The number of hydrogen-bond donors (Lipinski definition) is 2. The number of carbonyl (C=O) groups is 2. The molecular weight excluding hydrogens is 418 g/mol. The van der Waals surface area contributed by atoms with Crippen molar-refractivity contribution in [3.63, 3.8) is 0 Å². The molecule has 0 radical (unpaired) electrons. The van der Waals surface area contributed by atoms with Crippen molar-refractivity contribution in [2.45, 2.75) is 20.0 Å². The predicted octanol–water partition coefficient (Wildman–Crippen LogP) is 4.15. The summed E-state index contributed by atoms with van der Waals surface area (Å²) in [5, 5.41) is 11.8. The number of nitrogens with one attached hydrogen (secondary N) is 1. The molecule has 0 saturated carbocycles. The zero-order chi connectivity index (χ0) is 22.8. The fourth-order valence-electron chi connectivity index (χ4n) is 2.76. The van der Waals surface area contributed by atoms with E-state index in [4.69, 9.17) is 26.8 Å². The molecule has 0 saturated heterocycles. The molecule has 3 amide bonds. The SMILES string of the molecule is C=CCc1cc(/C=C(/C#N)C(=O)NC(N)=O)cc(OCC)c1OCc1ccccc1Cl. The Morgan fingerprint density at radius 2 is 2.00 bits per heavy atom. The van der Waals surface area contributed by atoms with Crippen LogP contribution in [0.15, 0.2) is 54.6 Å². The second kappa shape index (κ2) is 11.4. The van der Waals surface area contributed by atoms with Crippen LogP contribution in [0.4, 0.5) is 4.79 Å². The van der Waals surface area contributed by atoms with Crippen LogP contribution in [0.25, 0.3) is 6.08 Å². The first-order chi connectivity index (χ1) is 14.9. The average molecular weight is 440 g/mol. The molecule has 0 atom stereocenters. The maximum Gasteiger partial charge on any atom is 0.319 e. The number of ether oxygens (including phenoxy) is 2. The molecule has 160 valence electrons. The van der Waals surface area contributed by atoms with Crippen LogP contribution in [-0.2, 0) is 17.8 Å². The molecular formula is C23H22ClN3O4. The third-order valence-electron chi connectivity index (χ3n) is 4.06. The Bertz CT molecular complexity index is 1060. The molecule has 0 aliphatic rings. The van der Waals surface area contributed by atoms with Gasteiger partial charge in [0.15, 0.2) is 11.5 Å². The Morgan fingerprint density at radius 3 is 2.61 bits per heavy atom. The highest BCUT2D eigenvalue weighted by atomic mass is 35.5. The summed E-state index contributed by atoms with van der Waals surface area (Å²) in [6, 6.07) is 11.5. The van der Waals surface area contributed by atoms with Gasteiger partial charge in [-0.05, 0) is 43.2 Å². The first-order valence-electron chi connectivity index (χ1n) is 9.39. The molecule has 0 aliphatic heterocycles. The van der Waals surface area contributed by atoms with Crippen LogP contribution >= 0.6 is 11.6 Å². The molecule has 8 heteroatoms. The van der Waals surface area contributed by atoms with Gasteiger partial charge >= 0.3 is 6.03 Å². The lowest BCUT2D eigenvalue weighted by molar-refractivity contribution is -0.115. The number of amides is 3. The minimum atomic E-state index is -1.04. The zero-order valence-corrected chi connectivity index (χ0v) is 17.7. The van der Waals surface area contributed by atoms with Gasteiger partial charge in [0.2, 0.25) is 0 Å². The van der Waals surface area contributed by atoms with Gasteiger partial charge in [-0.2, -0.15) is 5.26 Å². The molecule has 2 aromatic carbocycles. The standard InChI is InChI=1S/C23H22ClN3O4/c1-3-7-16-10-15(11-18(13-25)22(28)27-23(26)29)12-20(30-4-2)21(16)31-14-17-8-5-6-9-19(17)24/h3,5-6,8-12H,1,4,7,14H2,2H3,(H3,26,27,28,29)/b18-11-. The van der Waals surface area contributed by atoms with E-state index in [1.54, 1.807) is 30.3 Å². The summed E-state index contributed by atoms with van der Waals surface area (Å²) in [5.74, 6) is 0.0592. The maximum atomic E-state index is 12.0. The number of allylic oxidation sites excluding steroid dienone is 1. The molecule has 0 unspecified atom stereocenters. The van der Waals surface area contributed by atoms with E-state index in [-0.39, 0.29) is 12.2 Å². The van der Waals surface area contributed by atoms with E-state index in [1.807, 2.05) is 30.4 Å². The number of hydrogen-bond acceptors (Lipinski definition) is 5. The number of imide groups is 1. The average Bonchev–Trinajstić information content (AvgIpc) is 2.72. The Hall–Kier alpha value is -3.76. The Balaban J connectivity index is 2.47. The van der Waals surface area contributed by atoms with Crippen molar-refractivity contribution in [1.82, 2.24) is 5.32 Å². The van der Waals surface area contributed by atoms with Crippen molar-refractivity contribution in [3.05, 3.63) is 76.3 Å². The monoisotopic (exact) mass is 439 g/mol. The first-order valence-corrected chi connectivity index (χ1v) is 9.76. The van der Waals surface area contributed by atoms with Crippen molar-refractivity contribution in [1.29, 1.82) is 5.26 Å². The van der Waals surface area contributed by atoms with E-state index < -0.39 is 11.9 Å². The van der Waals surface area contributed by atoms with E-state index in [1.165, 1.54) is 6.08 Å². The number of nitrogens with two attached hydrogens (primary N) is 1. The molecule has 0 fully saturated rings. The molecule has 3 N–H and O–H groups in total. The van der Waals surface area contributed by atoms with Crippen LogP contribution in [0, 0.1) is 11.3 Å². The first kappa shape index (κ1) is 23.5. The van der Waals surface area contributed by atoms with Gasteiger partial charge in [-0.25, -0.2) is 4.79 Å². The smallest absolute Gasteiger partial charge is 0.319 e. The Labute approximate surface area is 185 Å². The van der Waals surface area contributed by atoms with Gasteiger partial charge in [-0.1, -0.05) is 35.9 Å². The number of carbonyl (C=O) groups excluding carboxylic acids is 2. The van der Waals surface area contributed by atoms with Gasteiger partial charge < -0.3 is 15.2 Å². The van der Waals surface area contributed by atoms with Gasteiger partial charge in [-0.3, -0.25) is 10.1 Å². The maximum absolute atomic E-state index is 12.0. The number of primary amides is 1. The van der Waals surface area contributed by atoms with Gasteiger partial charge in [0, 0.05) is 16.1 Å².